The van der Waals surface area contributed by atoms with Gasteiger partial charge in [0.05, 0.1) is 11.7 Å². The standard InChI is InChI=1S/C14H18N4O2/c1-7(13-8(2)18-20-9(13)3)15-11-6-12(19)17-14(16-11)10-4-5-10/h6-7,10H,4-5H2,1-3H3,(H2,15,16,17,19). The SMILES string of the molecule is Cc1noc(C)c1C(C)Nc1cc(=O)[nH]c(C2CC2)n1. The fourth-order valence-electron chi connectivity index (χ4n) is 2.50. The number of aromatic amines is 1. The molecular formula is C14H18N4O2. The van der Waals surface area contributed by atoms with E-state index >= 15 is 0 Å². The molecule has 2 heterocycles. The van der Waals surface area contributed by atoms with Crippen molar-refractivity contribution >= 4 is 5.82 Å². The first-order valence-corrected chi connectivity index (χ1v) is 6.85. The maximum Gasteiger partial charge on any atom is 0.252 e. The summed E-state index contributed by atoms with van der Waals surface area (Å²) in [5.41, 5.74) is 1.75. The number of rotatable bonds is 4. The highest BCUT2D eigenvalue weighted by Gasteiger charge is 2.26. The largest absolute Gasteiger partial charge is 0.363 e. The first kappa shape index (κ1) is 12.9. The number of anilines is 1. The summed E-state index contributed by atoms with van der Waals surface area (Å²) in [7, 11) is 0. The van der Waals surface area contributed by atoms with Crippen LogP contribution < -0.4 is 10.9 Å². The molecule has 1 saturated carbocycles. The lowest BCUT2D eigenvalue weighted by atomic mass is 10.1. The summed E-state index contributed by atoms with van der Waals surface area (Å²) in [4.78, 5) is 19.0. The van der Waals surface area contributed by atoms with Crippen molar-refractivity contribution in [1.82, 2.24) is 15.1 Å². The van der Waals surface area contributed by atoms with Crippen molar-refractivity contribution in [3.8, 4) is 0 Å². The molecule has 1 aliphatic rings. The molecule has 1 fully saturated rings. The highest BCUT2D eigenvalue weighted by Crippen LogP contribution is 2.37. The lowest BCUT2D eigenvalue weighted by Gasteiger charge is -2.14. The van der Waals surface area contributed by atoms with Crippen LogP contribution in [0.4, 0.5) is 5.82 Å². The Morgan fingerprint density at radius 1 is 1.45 bits per heavy atom. The molecule has 1 aliphatic carbocycles. The van der Waals surface area contributed by atoms with E-state index in [1.54, 1.807) is 0 Å². The van der Waals surface area contributed by atoms with Crippen LogP contribution in [0.15, 0.2) is 15.4 Å². The summed E-state index contributed by atoms with van der Waals surface area (Å²) in [6, 6.07) is 1.48. The van der Waals surface area contributed by atoms with E-state index in [2.05, 4.69) is 20.4 Å². The second-order valence-electron chi connectivity index (χ2n) is 5.39. The summed E-state index contributed by atoms with van der Waals surface area (Å²) in [5, 5.41) is 7.21. The van der Waals surface area contributed by atoms with E-state index in [-0.39, 0.29) is 11.6 Å². The van der Waals surface area contributed by atoms with E-state index in [0.717, 1.165) is 35.7 Å². The highest BCUT2D eigenvalue weighted by atomic mass is 16.5. The van der Waals surface area contributed by atoms with Crippen LogP contribution in [0.5, 0.6) is 0 Å². The van der Waals surface area contributed by atoms with Gasteiger partial charge < -0.3 is 14.8 Å². The van der Waals surface area contributed by atoms with Crippen LogP contribution in [0.1, 0.15) is 54.6 Å². The van der Waals surface area contributed by atoms with E-state index in [9.17, 15) is 4.79 Å². The van der Waals surface area contributed by atoms with Gasteiger partial charge in [0.1, 0.15) is 17.4 Å². The van der Waals surface area contributed by atoms with Crippen molar-refractivity contribution < 1.29 is 4.52 Å². The van der Waals surface area contributed by atoms with Gasteiger partial charge in [-0.15, -0.1) is 0 Å². The van der Waals surface area contributed by atoms with Crippen LogP contribution in [0, 0.1) is 13.8 Å². The molecule has 20 heavy (non-hydrogen) atoms. The van der Waals surface area contributed by atoms with Crippen molar-refractivity contribution in [1.29, 1.82) is 0 Å². The Morgan fingerprint density at radius 3 is 2.80 bits per heavy atom. The number of aryl methyl sites for hydroxylation is 2. The smallest absolute Gasteiger partial charge is 0.252 e. The summed E-state index contributed by atoms with van der Waals surface area (Å²) in [5.74, 6) is 2.59. The Labute approximate surface area is 116 Å². The fourth-order valence-corrected chi connectivity index (χ4v) is 2.50. The summed E-state index contributed by atoms with van der Waals surface area (Å²) >= 11 is 0. The molecule has 0 amide bonds. The minimum absolute atomic E-state index is 0.0115. The van der Waals surface area contributed by atoms with Crippen molar-refractivity contribution in [2.24, 2.45) is 0 Å². The molecule has 6 nitrogen and oxygen atoms in total. The average molecular weight is 274 g/mol. The third-order valence-corrected chi connectivity index (χ3v) is 3.61. The quantitative estimate of drug-likeness (QED) is 0.894. The van der Waals surface area contributed by atoms with Crippen LogP contribution in [0.2, 0.25) is 0 Å². The van der Waals surface area contributed by atoms with Gasteiger partial charge in [-0.2, -0.15) is 0 Å². The fraction of sp³-hybridized carbons (Fsp3) is 0.500. The van der Waals surface area contributed by atoms with Gasteiger partial charge in [0, 0.05) is 17.5 Å². The van der Waals surface area contributed by atoms with Crippen LogP contribution in [0.3, 0.4) is 0 Å². The third-order valence-electron chi connectivity index (χ3n) is 3.61. The molecule has 0 bridgehead atoms. The average Bonchev–Trinajstić information content (AvgIpc) is 3.15. The van der Waals surface area contributed by atoms with Gasteiger partial charge in [0.25, 0.3) is 5.56 Å². The molecule has 2 N–H and O–H groups in total. The first-order valence-electron chi connectivity index (χ1n) is 6.85. The molecule has 0 spiro atoms. The molecule has 1 unspecified atom stereocenters. The molecule has 3 rings (SSSR count). The normalized spacial score (nSPS) is 16.1. The minimum Gasteiger partial charge on any atom is -0.363 e. The topological polar surface area (TPSA) is 83.8 Å². The van der Waals surface area contributed by atoms with Crippen LogP contribution in [-0.4, -0.2) is 15.1 Å². The maximum absolute atomic E-state index is 11.7. The molecule has 0 radical (unpaired) electrons. The van der Waals surface area contributed by atoms with Crippen LogP contribution in [-0.2, 0) is 0 Å². The zero-order valence-electron chi connectivity index (χ0n) is 11.9. The molecular weight excluding hydrogens is 256 g/mol. The number of H-pyrrole nitrogens is 1. The number of hydrogen-bond acceptors (Lipinski definition) is 5. The molecule has 6 heteroatoms. The lowest BCUT2D eigenvalue weighted by Crippen LogP contribution is -2.16. The van der Waals surface area contributed by atoms with E-state index < -0.39 is 0 Å². The molecule has 2 aromatic heterocycles. The minimum atomic E-state index is -0.115. The molecule has 0 saturated heterocycles. The Hall–Kier alpha value is -2.11. The zero-order chi connectivity index (χ0) is 14.3. The predicted molar refractivity (Wildman–Crippen MR) is 74.8 cm³/mol. The number of nitrogens with zero attached hydrogens (tertiary/aromatic N) is 2. The van der Waals surface area contributed by atoms with E-state index in [0.29, 0.717) is 11.7 Å². The Morgan fingerprint density at radius 2 is 2.20 bits per heavy atom. The highest BCUT2D eigenvalue weighted by molar-refractivity contribution is 5.39. The number of aromatic nitrogens is 3. The zero-order valence-corrected chi connectivity index (χ0v) is 11.9. The molecule has 0 aliphatic heterocycles. The van der Waals surface area contributed by atoms with E-state index in [1.165, 1.54) is 6.07 Å². The van der Waals surface area contributed by atoms with Gasteiger partial charge >= 0.3 is 0 Å². The second kappa shape index (κ2) is 4.77. The van der Waals surface area contributed by atoms with Gasteiger partial charge in [-0.3, -0.25) is 4.79 Å². The Bertz CT molecular complexity index is 665. The second-order valence-corrected chi connectivity index (χ2v) is 5.39. The first-order chi connectivity index (χ1) is 9.54. The van der Waals surface area contributed by atoms with E-state index in [1.807, 2.05) is 20.8 Å². The van der Waals surface area contributed by atoms with Crippen molar-refractivity contribution in [3.63, 3.8) is 0 Å². The summed E-state index contributed by atoms with van der Waals surface area (Å²) in [6.07, 6.45) is 2.21. The predicted octanol–water partition coefficient (Wildman–Crippen LogP) is 2.43. The lowest BCUT2D eigenvalue weighted by molar-refractivity contribution is 0.392. The van der Waals surface area contributed by atoms with Gasteiger partial charge in [0.15, 0.2) is 0 Å². The van der Waals surface area contributed by atoms with Crippen LogP contribution >= 0.6 is 0 Å². The Balaban J connectivity index is 1.85. The Kier molecular flexibility index (Phi) is 3.08. The van der Waals surface area contributed by atoms with Gasteiger partial charge in [0.2, 0.25) is 0 Å². The summed E-state index contributed by atoms with van der Waals surface area (Å²) in [6.45, 7) is 5.80. The number of nitrogens with one attached hydrogen (secondary N) is 2. The van der Waals surface area contributed by atoms with Crippen molar-refractivity contribution in [2.75, 3.05) is 5.32 Å². The van der Waals surface area contributed by atoms with E-state index in [4.69, 9.17) is 4.52 Å². The summed E-state index contributed by atoms with van der Waals surface area (Å²) < 4.78 is 5.17. The van der Waals surface area contributed by atoms with Gasteiger partial charge in [-0.05, 0) is 33.6 Å². The molecule has 1 atom stereocenters. The van der Waals surface area contributed by atoms with Gasteiger partial charge in [-0.25, -0.2) is 4.98 Å². The third kappa shape index (κ3) is 2.45. The maximum atomic E-state index is 11.7. The molecule has 2 aromatic rings. The van der Waals surface area contributed by atoms with Gasteiger partial charge in [-0.1, -0.05) is 5.16 Å². The number of hydrogen-bond donors (Lipinski definition) is 2. The van der Waals surface area contributed by atoms with Crippen molar-refractivity contribution in [2.45, 2.75) is 45.6 Å². The van der Waals surface area contributed by atoms with Crippen LogP contribution in [0.25, 0.3) is 0 Å². The van der Waals surface area contributed by atoms with Crippen molar-refractivity contribution in [3.05, 3.63) is 39.3 Å². The molecule has 106 valence electrons. The molecule has 0 aromatic carbocycles. The monoisotopic (exact) mass is 274 g/mol.